The summed E-state index contributed by atoms with van der Waals surface area (Å²) < 4.78 is 0. The van der Waals surface area contributed by atoms with E-state index in [4.69, 9.17) is 23.2 Å². The summed E-state index contributed by atoms with van der Waals surface area (Å²) in [7, 11) is 0. The maximum atomic E-state index is 6.01. The molecule has 2 aliphatic heterocycles. The first-order valence-corrected chi connectivity index (χ1v) is 6.69. The molecule has 0 aromatic carbocycles. The average molecular weight is 273 g/mol. The summed E-state index contributed by atoms with van der Waals surface area (Å²) in [6.07, 6.45) is 3.72. The lowest BCUT2D eigenvalue weighted by Gasteiger charge is -2.22. The van der Waals surface area contributed by atoms with Crippen LogP contribution in [0, 0.1) is 0 Å². The molecule has 0 aliphatic carbocycles. The van der Waals surface area contributed by atoms with Gasteiger partial charge in [0.1, 0.15) is 0 Å². The van der Waals surface area contributed by atoms with Gasteiger partial charge < -0.3 is 5.32 Å². The second kappa shape index (κ2) is 4.59. The lowest BCUT2D eigenvalue weighted by Crippen LogP contribution is -2.33. The van der Waals surface area contributed by atoms with Crippen LogP contribution in [-0.4, -0.2) is 40.3 Å². The number of rotatable bonds is 2. The molecule has 92 valence electrons. The highest BCUT2D eigenvalue weighted by atomic mass is 35.5. The van der Waals surface area contributed by atoms with Crippen LogP contribution in [-0.2, 0) is 0 Å². The molecular weight excluding hydrogens is 259 g/mol. The van der Waals surface area contributed by atoms with Gasteiger partial charge in [0.25, 0.3) is 0 Å². The van der Waals surface area contributed by atoms with Gasteiger partial charge in [-0.3, -0.25) is 4.90 Å². The molecule has 1 aromatic rings. The molecule has 1 aromatic heterocycles. The first kappa shape index (κ1) is 11.5. The Morgan fingerprint density at radius 1 is 1.24 bits per heavy atom. The van der Waals surface area contributed by atoms with Crippen molar-refractivity contribution in [2.75, 3.05) is 18.4 Å². The number of anilines is 1. The van der Waals surface area contributed by atoms with E-state index in [1.54, 1.807) is 6.07 Å². The second-order valence-electron chi connectivity index (χ2n) is 4.66. The maximum absolute atomic E-state index is 6.01. The maximum Gasteiger partial charge on any atom is 0.174 e. The van der Waals surface area contributed by atoms with E-state index < -0.39 is 0 Å². The van der Waals surface area contributed by atoms with E-state index in [1.807, 2.05) is 0 Å². The number of fused-ring (bicyclic) bond motifs is 1. The zero-order valence-corrected chi connectivity index (χ0v) is 10.9. The van der Waals surface area contributed by atoms with E-state index in [0.717, 1.165) is 12.1 Å². The molecule has 0 radical (unpaired) electrons. The summed E-state index contributed by atoms with van der Waals surface area (Å²) in [5.74, 6) is 0. The van der Waals surface area contributed by atoms with Gasteiger partial charge in [0.05, 0.1) is 5.69 Å². The van der Waals surface area contributed by atoms with E-state index in [2.05, 4.69) is 20.4 Å². The van der Waals surface area contributed by atoms with Gasteiger partial charge in [-0.05, 0) is 25.8 Å². The largest absolute Gasteiger partial charge is 0.378 e. The highest BCUT2D eigenvalue weighted by Gasteiger charge is 2.37. The van der Waals surface area contributed by atoms with Crippen LogP contribution in [0.15, 0.2) is 6.07 Å². The number of nitrogens with zero attached hydrogens (tertiary/aromatic N) is 3. The molecule has 0 amide bonds. The van der Waals surface area contributed by atoms with Crippen LogP contribution in [0.2, 0.25) is 10.3 Å². The Kier molecular flexibility index (Phi) is 3.11. The van der Waals surface area contributed by atoms with E-state index in [0.29, 0.717) is 22.4 Å². The van der Waals surface area contributed by atoms with Crippen molar-refractivity contribution in [2.45, 2.75) is 31.3 Å². The Morgan fingerprint density at radius 2 is 2.12 bits per heavy atom. The number of hydrogen-bond donors (Lipinski definition) is 1. The van der Waals surface area contributed by atoms with E-state index in [-0.39, 0.29) is 0 Å². The first-order chi connectivity index (χ1) is 8.24. The third-order valence-corrected chi connectivity index (χ3v) is 4.13. The Bertz CT molecular complexity index is 426. The van der Waals surface area contributed by atoms with Crippen LogP contribution in [0.5, 0.6) is 0 Å². The quantitative estimate of drug-likeness (QED) is 0.898. The zero-order valence-electron chi connectivity index (χ0n) is 9.37. The van der Waals surface area contributed by atoms with Crippen LogP contribution in [0.25, 0.3) is 0 Å². The topological polar surface area (TPSA) is 41.0 Å². The molecule has 6 heteroatoms. The Balaban J connectivity index is 1.76. The first-order valence-electron chi connectivity index (χ1n) is 5.93. The normalized spacial score (nSPS) is 28.4. The van der Waals surface area contributed by atoms with Crippen LogP contribution in [0.3, 0.4) is 0 Å². The van der Waals surface area contributed by atoms with Crippen LogP contribution in [0.4, 0.5) is 5.69 Å². The minimum atomic E-state index is 0.373. The Hall–Kier alpha value is -0.580. The fourth-order valence-electron chi connectivity index (χ4n) is 2.90. The smallest absolute Gasteiger partial charge is 0.174 e. The van der Waals surface area contributed by atoms with Crippen molar-refractivity contribution < 1.29 is 0 Å². The molecule has 2 saturated heterocycles. The number of halogens is 2. The molecule has 1 N–H and O–H groups in total. The molecule has 0 bridgehead atoms. The average Bonchev–Trinajstić information content (AvgIpc) is 2.88. The molecule has 4 nitrogen and oxygen atoms in total. The van der Waals surface area contributed by atoms with Gasteiger partial charge in [-0.1, -0.05) is 23.2 Å². The summed E-state index contributed by atoms with van der Waals surface area (Å²) in [6.45, 7) is 2.40. The van der Waals surface area contributed by atoms with Gasteiger partial charge >= 0.3 is 0 Å². The lowest BCUT2D eigenvalue weighted by atomic mass is 10.1. The van der Waals surface area contributed by atoms with Gasteiger partial charge in [0.2, 0.25) is 0 Å². The molecule has 17 heavy (non-hydrogen) atoms. The molecule has 2 aliphatic rings. The Labute approximate surface area is 110 Å². The second-order valence-corrected chi connectivity index (χ2v) is 5.40. The predicted octanol–water partition coefficient (Wildman–Crippen LogP) is 2.43. The Morgan fingerprint density at radius 3 is 3.00 bits per heavy atom. The molecule has 0 spiro atoms. The zero-order chi connectivity index (χ0) is 11.8. The molecule has 2 atom stereocenters. The molecule has 0 saturated carbocycles. The molecule has 3 rings (SSSR count). The van der Waals surface area contributed by atoms with E-state index in [1.165, 1.54) is 25.9 Å². The van der Waals surface area contributed by atoms with Gasteiger partial charge in [-0.15, -0.1) is 10.2 Å². The fraction of sp³-hybridized carbons (Fsp3) is 0.636. The summed E-state index contributed by atoms with van der Waals surface area (Å²) in [4.78, 5) is 2.54. The summed E-state index contributed by atoms with van der Waals surface area (Å²) in [5, 5.41) is 11.8. The van der Waals surface area contributed by atoms with Crippen molar-refractivity contribution in [3.63, 3.8) is 0 Å². The molecule has 2 unspecified atom stereocenters. The van der Waals surface area contributed by atoms with Gasteiger partial charge in [-0.25, -0.2) is 0 Å². The minimum Gasteiger partial charge on any atom is -0.378 e. The predicted molar refractivity (Wildman–Crippen MR) is 68.7 cm³/mol. The lowest BCUT2D eigenvalue weighted by molar-refractivity contribution is 0.318. The number of hydrogen-bond acceptors (Lipinski definition) is 4. The van der Waals surface area contributed by atoms with Gasteiger partial charge in [0, 0.05) is 24.7 Å². The standard InChI is InChI=1S/C11H14Cl2N4/c12-10-6-8(11(13)16-15-10)14-7-3-5-17-4-1-2-9(7)17/h6-7,9H,1-5H2,(H,14,15). The van der Waals surface area contributed by atoms with Crippen molar-refractivity contribution in [1.82, 2.24) is 15.1 Å². The van der Waals surface area contributed by atoms with Crippen LogP contribution < -0.4 is 5.32 Å². The SMILES string of the molecule is Clc1cc(NC2CCN3CCCC23)c(Cl)nn1. The van der Waals surface area contributed by atoms with Crippen molar-refractivity contribution >= 4 is 28.9 Å². The van der Waals surface area contributed by atoms with Crippen molar-refractivity contribution in [3.8, 4) is 0 Å². The minimum absolute atomic E-state index is 0.373. The third kappa shape index (κ3) is 2.21. The van der Waals surface area contributed by atoms with E-state index >= 15 is 0 Å². The summed E-state index contributed by atoms with van der Waals surface area (Å²) in [6, 6.07) is 2.84. The van der Waals surface area contributed by atoms with Crippen molar-refractivity contribution in [1.29, 1.82) is 0 Å². The third-order valence-electron chi connectivity index (χ3n) is 3.67. The van der Waals surface area contributed by atoms with Gasteiger partial charge in [-0.2, -0.15) is 0 Å². The summed E-state index contributed by atoms with van der Waals surface area (Å²) >= 11 is 11.8. The highest BCUT2D eigenvalue weighted by molar-refractivity contribution is 6.33. The van der Waals surface area contributed by atoms with Crippen LogP contribution in [0.1, 0.15) is 19.3 Å². The summed E-state index contributed by atoms with van der Waals surface area (Å²) in [5.41, 5.74) is 0.797. The fourth-order valence-corrected chi connectivity index (χ4v) is 3.20. The van der Waals surface area contributed by atoms with Gasteiger partial charge in [0.15, 0.2) is 10.3 Å². The molecular formula is C11H14Cl2N4. The van der Waals surface area contributed by atoms with Crippen LogP contribution >= 0.6 is 23.2 Å². The van der Waals surface area contributed by atoms with E-state index in [9.17, 15) is 0 Å². The van der Waals surface area contributed by atoms with Crippen molar-refractivity contribution in [3.05, 3.63) is 16.4 Å². The molecule has 3 heterocycles. The van der Waals surface area contributed by atoms with Crippen molar-refractivity contribution in [2.24, 2.45) is 0 Å². The number of aromatic nitrogens is 2. The number of nitrogens with one attached hydrogen (secondary N) is 1. The molecule has 2 fully saturated rings. The highest BCUT2D eigenvalue weighted by Crippen LogP contribution is 2.31. The monoisotopic (exact) mass is 272 g/mol.